The third-order valence-corrected chi connectivity index (χ3v) is 3.36. The minimum Gasteiger partial charge on any atom is -0.454 e. The van der Waals surface area contributed by atoms with Crippen molar-refractivity contribution in [2.45, 2.75) is 0 Å². The Balaban J connectivity index is 1.71. The molecule has 0 saturated heterocycles. The summed E-state index contributed by atoms with van der Waals surface area (Å²) in [6.45, 7) is 0. The number of halogens is 1. The number of benzene rings is 2. The molecule has 0 radical (unpaired) electrons. The molecule has 0 aliphatic carbocycles. The van der Waals surface area contributed by atoms with Crippen LogP contribution < -0.4 is 4.74 Å². The molecule has 0 unspecified atom stereocenters. The van der Waals surface area contributed by atoms with Gasteiger partial charge in [0.15, 0.2) is 17.2 Å². The molecule has 4 aromatic rings. The smallest absolute Gasteiger partial charge is 0.167 e. The summed E-state index contributed by atoms with van der Waals surface area (Å²) in [6.07, 6.45) is 4.74. The molecule has 2 aromatic heterocycles. The first-order valence-corrected chi connectivity index (χ1v) is 6.98. The number of ether oxygens (including phenoxy) is 1. The van der Waals surface area contributed by atoms with E-state index in [1.807, 2.05) is 18.2 Å². The van der Waals surface area contributed by atoms with Crippen LogP contribution in [-0.4, -0.2) is 19.7 Å². The Morgan fingerprint density at radius 1 is 1.00 bits per heavy atom. The molecular weight excluding hydrogens is 295 g/mol. The number of hydrogen-bond donors (Lipinski definition) is 0. The van der Waals surface area contributed by atoms with Crippen LogP contribution in [-0.2, 0) is 0 Å². The number of hydrogen-bond acceptors (Lipinski definition) is 4. The zero-order chi connectivity index (χ0) is 15.6. The molecule has 0 saturated carbocycles. The molecule has 0 N–H and O–H groups in total. The summed E-state index contributed by atoms with van der Waals surface area (Å²) in [7, 11) is 0. The number of nitrogens with zero attached hydrogens (tertiary/aromatic N) is 4. The van der Waals surface area contributed by atoms with Crippen LogP contribution in [0.5, 0.6) is 11.5 Å². The van der Waals surface area contributed by atoms with E-state index in [-0.39, 0.29) is 5.75 Å². The maximum absolute atomic E-state index is 14.3. The van der Waals surface area contributed by atoms with Gasteiger partial charge in [0.2, 0.25) is 0 Å². The van der Waals surface area contributed by atoms with Crippen LogP contribution in [0, 0.1) is 5.82 Å². The molecule has 0 fully saturated rings. The van der Waals surface area contributed by atoms with E-state index < -0.39 is 5.82 Å². The highest BCUT2D eigenvalue weighted by molar-refractivity contribution is 5.74. The van der Waals surface area contributed by atoms with Crippen molar-refractivity contribution in [2.24, 2.45) is 0 Å². The number of para-hydroxylation sites is 1. The summed E-state index contributed by atoms with van der Waals surface area (Å²) in [5.74, 6) is 0.270. The maximum Gasteiger partial charge on any atom is 0.167 e. The lowest BCUT2D eigenvalue weighted by Gasteiger charge is -2.08. The van der Waals surface area contributed by atoms with Gasteiger partial charge in [0.1, 0.15) is 12.1 Å². The van der Waals surface area contributed by atoms with Crippen LogP contribution in [0.25, 0.3) is 16.7 Å². The van der Waals surface area contributed by atoms with Gasteiger partial charge in [-0.2, -0.15) is 5.10 Å². The first kappa shape index (κ1) is 13.4. The Morgan fingerprint density at radius 3 is 2.70 bits per heavy atom. The fraction of sp³-hybridized carbons (Fsp3) is 0. The lowest BCUT2D eigenvalue weighted by molar-refractivity contribution is 0.442. The molecule has 0 atom stereocenters. The van der Waals surface area contributed by atoms with Crippen LogP contribution in [0.3, 0.4) is 0 Å². The number of fused-ring (bicyclic) bond motifs is 1. The molecule has 0 amide bonds. The van der Waals surface area contributed by atoms with Gasteiger partial charge in [-0.3, -0.25) is 0 Å². The van der Waals surface area contributed by atoms with Crippen molar-refractivity contribution >= 4 is 11.0 Å². The van der Waals surface area contributed by atoms with Gasteiger partial charge >= 0.3 is 0 Å². The van der Waals surface area contributed by atoms with Crippen LogP contribution in [0.4, 0.5) is 4.39 Å². The van der Waals surface area contributed by atoms with Crippen molar-refractivity contribution in [3.8, 4) is 17.2 Å². The topological polar surface area (TPSA) is 52.8 Å². The van der Waals surface area contributed by atoms with E-state index in [9.17, 15) is 4.39 Å². The van der Waals surface area contributed by atoms with Gasteiger partial charge in [-0.1, -0.05) is 18.2 Å². The summed E-state index contributed by atoms with van der Waals surface area (Å²) in [6, 6.07) is 13.7. The molecule has 0 bridgehead atoms. The van der Waals surface area contributed by atoms with Gasteiger partial charge < -0.3 is 4.74 Å². The lowest BCUT2D eigenvalue weighted by Crippen LogP contribution is -1.99. The van der Waals surface area contributed by atoms with Gasteiger partial charge in [-0.15, -0.1) is 0 Å². The highest BCUT2D eigenvalue weighted by Crippen LogP contribution is 2.26. The predicted octanol–water partition coefficient (Wildman–Crippen LogP) is 3.75. The summed E-state index contributed by atoms with van der Waals surface area (Å²) in [4.78, 5) is 8.11. The monoisotopic (exact) mass is 306 g/mol. The Kier molecular flexibility index (Phi) is 3.20. The molecule has 5 nitrogen and oxygen atoms in total. The molecule has 2 heterocycles. The van der Waals surface area contributed by atoms with Gasteiger partial charge in [0, 0.05) is 12.3 Å². The van der Waals surface area contributed by atoms with Crippen molar-refractivity contribution < 1.29 is 9.13 Å². The van der Waals surface area contributed by atoms with Crippen molar-refractivity contribution in [3.05, 3.63) is 73.1 Å². The van der Waals surface area contributed by atoms with Crippen LogP contribution in [0.15, 0.2) is 67.3 Å². The van der Waals surface area contributed by atoms with Crippen molar-refractivity contribution in [2.75, 3.05) is 0 Å². The van der Waals surface area contributed by atoms with Crippen molar-refractivity contribution in [3.63, 3.8) is 0 Å². The van der Waals surface area contributed by atoms with Gasteiger partial charge in [0.25, 0.3) is 0 Å². The number of aromatic nitrogens is 4. The molecule has 0 aliphatic heterocycles. The highest BCUT2D eigenvalue weighted by Gasteiger charge is 2.10. The zero-order valence-corrected chi connectivity index (χ0v) is 11.9. The second-order valence-corrected chi connectivity index (χ2v) is 4.89. The summed E-state index contributed by atoms with van der Waals surface area (Å²) < 4.78 is 21.4. The molecule has 0 aliphatic rings. The van der Waals surface area contributed by atoms with Gasteiger partial charge in [0.05, 0.1) is 17.3 Å². The zero-order valence-electron chi connectivity index (χ0n) is 11.9. The molecule has 112 valence electrons. The second-order valence-electron chi connectivity index (χ2n) is 4.89. The second kappa shape index (κ2) is 5.49. The van der Waals surface area contributed by atoms with Crippen LogP contribution in [0.2, 0.25) is 0 Å². The van der Waals surface area contributed by atoms with Crippen LogP contribution in [0.1, 0.15) is 0 Å². The predicted molar refractivity (Wildman–Crippen MR) is 83.1 cm³/mol. The summed E-state index contributed by atoms with van der Waals surface area (Å²) in [5, 5.41) is 5.02. The van der Waals surface area contributed by atoms with E-state index in [1.54, 1.807) is 41.3 Å². The van der Waals surface area contributed by atoms with E-state index in [1.165, 1.54) is 12.4 Å². The third-order valence-electron chi connectivity index (χ3n) is 3.36. The molecular formula is C17H11FN4O. The summed E-state index contributed by atoms with van der Waals surface area (Å²) in [5.41, 5.74) is 1.19. The average molecular weight is 306 g/mol. The Hall–Kier alpha value is -3.28. The van der Waals surface area contributed by atoms with Gasteiger partial charge in [-0.25, -0.2) is 19.0 Å². The first-order valence-electron chi connectivity index (χ1n) is 6.98. The standard InChI is InChI=1S/C17H11FN4O/c18-15-8-13(22-17-12(10-21-22)9-19-11-20-17)6-7-16(15)23-14-4-2-1-3-5-14/h1-11H. The Bertz CT molecular complexity index is 969. The van der Waals surface area contributed by atoms with E-state index in [2.05, 4.69) is 15.1 Å². The first-order chi connectivity index (χ1) is 11.3. The molecule has 2 aromatic carbocycles. The summed E-state index contributed by atoms with van der Waals surface area (Å²) >= 11 is 0. The average Bonchev–Trinajstić information content (AvgIpc) is 3.02. The Morgan fingerprint density at radius 2 is 1.87 bits per heavy atom. The minimum absolute atomic E-state index is 0.158. The fourth-order valence-corrected chi connectivity index (χ4v) is 2.29. The van der Waals surface area contributed by atoms with Crippen LogP contribution >= 0.6 is 0 Å². The van der Waals surface area contributed by atoms with Crippen molar-refractivity contribution in [1.82, 2.24) is 19.7 Å². The van der Waals surface area contributed by atoms with E-state index in [4.69, 9.17) is 4.74 Å². The van der Waals surface area contributed by atoms with Gasteiger partial charge in [-0.05, 0) is 24.3 Å². The largest absolute Gasteiger partial charge is 0.454 e. The fourth-order valence-electron chi connectivity index (χ4n) is 2.29. The molecule has 0 spiro atoms. The highest BCUT2D eigenvalue weighted by atomic mass is 19.1. The maximum atomic E-state index is 14.3. The van der Waals surface area contributed by atoms with Crippen molar-refractivity contribution in [1.29, 1.82) is 0 Å². The normalized spacial score (nSPS) is 10.8. The van der Waals surface area contributed by atoms with E-state index in [0.717, 1.165) is 5.39 Å². The third kappa shape index (κ3) is 2.50. The Labute approximate surface area is 131 Å². The minimum atomic E-state index is -0.468. The van der Waals surface area contributed by atoms with E-state index in [0.29, 0.717) is 17.1 Å². The quantitative estimate of drug-likeness (QED) is 0.578. The molecule has 4 rings (SSSR count). The lowest BCUT2D eigenvalue weighted by atomic mass is 10.3. The number of rotatable bonds is 3. The SMILES string of the molecule is Fc1cc(-n2ncc3cncnc32)ccc1Oc1ccccc1. The van der Waals surface area contributed by atoms with E-state index >= 15 is 0 Å². The molecule has 6 heteroatoms. The molecule has 23 heavy (non-hydrogen) atoms.